The molecule has 144 valence electrons. The number of aromatic nitrogens is 1. The van der Waals surface area contributed by atoms with Gasteiger partial charge in [0.1, 0.15) is 12.0 Å². The van der Waals surface area contributed by atoms with Gasteiger partial charge in [-0.2, -0.15) is 0 Å². The Morgan fingerprint density at radius 3 is 2.78 bits per heavy atom. The number of hydrogen-bond acceptors (Lipinski definition) is 6. The standard InChI is InChI=1S/C21H28N4O2/c1-26-18-6-4-15(5-7-18)20-23-17(14-27-20)13-25-10-9-24-8-2-3-19(24)21(25)11-16(22)12-21/h4-7,14,16,19H,2-3,8-13,22H2,1H3. The zero-order valence-electron chi connectivity index (χ0n) is 15.9. The largest absolute Gasteiger partial charge is 0.497 e. The van der Waals surface area contributed by atoms with Gasteiger partial charge in [0.2, 0.25) is 5.89 Å². The Labute approximate surface area is 160 Å². The third-order valence-electron chi connectivity index (χ3n) is 6.74. The third-order valence-corrected chi connectivity index (χ3v) is 6.74. The molecule has 1 unspecified atom stereocenters. The molecule has 2 N–H and O–H groups in total. The topological polar surface area (TPSA) is 67.8 Å². The van der Waals surface area contributed by atoms with E-state index in [1.54, 1.807) is 7.11 Å². The average molecular weight is 368 g/mol. The van der Waals surface area contributed by atoms with Gasteiger partial charge in [-0.3, -0.25) is 9.80 Å². The highest BCUT2D eigenvalue weighted by molar-refractivity contribution is 5.54. The first-order chi connectivity index (χ1) is 13.2. The van der Waals surface area contributed by atoms with Crippen LogP contribution in [0, 0.1) is 0 Å². The van der Waals surface area contributed by atoms with E-state index in [-0.39, 0.29) is 5.54 Å². The van der Waals surface area contributed by atoms with Gasteiger partial charge in [0.15, 0.2) is 0 Å². The second-order valence-corrected chi connectivity index (χ2v) is 8.26. The fraction of sp³-hybridized carbons (Fsp3) is 0.571. The lowest BCUT2D eigenvalue weighted by atomic mass is 9.65. The number of nitrogens with two attached hydrogens (primary N) is 1. The fourth-order valence-corrected chi connectivity index (χ4v) is 5.44. The summed E-state index contributed by atoms with van der Waals surface area (Å²) in [5.41, 5.74) is 8.46. The number of methoxy groups -OCH3 is 1. The van der Waals surface area contributed by atoms with E-state index < -0.39 is 0 Å². The van der Waals surface area contributed by atoms with Crippen molar-refractivity contribution in [3.63, 3.8) is 0 Å². The van der Waals surface area contributed by atoms with Gasteiger partial charge >= 0.3 is 0 Å². The maximum Gasteiger partial charge on any atom is 0.226 e. The minimum atomic E-state index is 0.243. The lowest BCUT2D eigenvalue weighted by Crippen LogP contribution is -2.73. The van der Waals surface area contributed by atoms with Crippen LogP contribution in [-0.4, -0.2) is 59.2 Å². The summed E-state index contributed by atoms with van der Waals surface area (Å²) in [7, 11) is 1.67. The summed E-state index contributed by atoms with van der Waals surface area (Å²) >= 11 is 0. The quantitative estimate of drug-likeness (QED) is 0.894. The molecular weight excluding hydrogens is 340 g/mol. The third kappa shape index (κ3) is 2.87. The number of rotatable bonds is 4. The van der Waals surface area contributed by atoms with E-state index in [2.05, 4.69) is 9.80 Å². The van der Waals surface area contributed by atoms with Crippen LogP contribution in [0.25, 0.3) is 11.5 Å². The minimum Gasteiger partial charge on any atom is -0.497 e. The van der Waals surface area contributed by atoms with Gasteiger partial charge in [0, 0.05) is 42.8 Å². The van der Waals surface area contributed by atoms with E-state index in [1.807, 2.05) is 30.5 Å². The molecule has 1 aliphatic carbocycles. The number of fused-ring (bicyclic) bond motifs is 2. The Kier molecular flexibility index (Phi) is 4.22. The van der Waals surface area contributed by atoms with Gasteiger partial charge < -0.3 is 14.9 Å². The van der Waals surface area contributed by atoms with Gasteiger partial charge in [-0.05, 0) is 56.5 Å². The molecule has 3 fully saturated rings. The maximum atomic E-state index is 6.24. The number of ether oxygens (including phenoxy) is 1. The number of hydrogen-bond donors (Lipinski definition) is 1. The molecule has 5 rings (SSSR count). The first kappa shape index (κ1) is 17.2. The van der Waals surface area contributed by atoms with Crippen molar-refractivity contribution in [2.24, 2.45) is 5.73 Å². The van der Waals surface area contributed by atoms with Crippen molar-refractivity contribution in [2.45, 2.75) is 49.9 Å². The van der Waals surface area contributed by atoms with Crippen LogP contribution < -0.4 is 10.5 Å². The fourth-order valence-electron chi connectivity index (χ4n) is 5.44. The summed E-state index contributed by atoms with van der Waals surface area (Å²) in [6.07, 6.45) is 6.65. The normalized spacial score (nSPS) is 31.0. The van der Waals surface area contributed by atoms with E-state index in [4.69, 9.17) is 19.9 Å². The maximum absolute atomic E-state index is 6.24. The number of benzene rings is 1. The summed E-state index contributed by atoms with van der Waals surface area (Å²) in [6.45, 7) is 4.34. The van der Waals surface area contributed by atoms with Gasteiger partial charge in [-0.1, -0.05) is 0 Å². The van der Waals surface area contributed by atoms with Gasteiger partial charge in [-0.25, -0.2) is 4.98 Å². The second-order valence-electron chi connectivity index (χ2n) is 8.26. The molecular formula is C21H28N4O2. The first-order valence-electron chi connectivity index (χ1n) is 10.0. The van der Waals surface area contributed by atoms with Crippen molar-refractivity contribution in [3.05, 3.63) is 36.2 Å². The highest BCUT2D eigenvalue weighted by atomic mass is 16.5. The molecule has 27 heavy (non-hydrogen) atoms. The smallest absolute Gasteiger partial charge is 0.226 e. The molecule has 1 spiro atoms. The predicted octanol–water partition coefficient (Wildman–Crippen LogP) is 2.49. The monoisotopic (exact) mass is 368 g/mol. The van der Waals surface area contributed by atoms with Crippen molar-refractivity contribution in [1.29, 1.82) is 0 Å². The van der Waals surface area contributed by atoms with Crippen molar-refractivity contribution >= 4 is 0 Å². The first-order valence-corrected chi connectivity index (χ1v) is 10.0. The zero-order valence-corrected chi connectivity index (χ0v) is 15.9. The van der Waals surface area contributed by atoms with Crippen LogP contribution in [0.4, 0.5) is 0 Å². The molecule has 6 heteroatoms. The van der Waals surface area contributed by atoms with Crippen LogP contribution in [0.15, 0.2) is 34.9 Å². The summed E-state index contributed by atoms with van der Waals surface area (Å²) in [5, 5.41) is 0. The van der Waals surface area contributed by atoms with E-state index >= 15 is 0 Å². The number of oxazole rings is 1. The molecule has 2 saturated heterocycles. The molecule has 1 aromatic heterocycles. The summed E-state index contributed by atoms with van der Waals surface area (Å²) in [6, 6.07) is 8.85. The number of piperazine rings is 1. The number of nitrogens with zero attached hydrogens (tertiary/aromatic N) is 3. The van der Waals surface area contributed by atoms with Crippen LogP contribution in [0.2, 0.25) is 0 Å². The highest BCUT2D eigenvalue weighted by Crippen LogP contribution is 2.47. The Hall–Kier alpha value is -1.89. The lowest BCUT2D eigenvalue weighted by molar-refractivity contribution is -0.0973. The van der Waals surface area contributed by atoms with Crippen molar-refractivity contribution in [2.75, 3.05) is 26.7 Å². The van der Waals surface area contributed by atoms with Gasteiger partial charge in [0.25, 0.3) is 0 Å². The molecule has 3 aliphatic rings. The van der Waals surface area contributed by atoms with E-state index in [0.717, 1.165) is 49.5 Å². The Morgan fingerprint density at radius 1 is 1.22 bits per heavy atom. The highest BCUT2D eigenvalue weighted by Gasteiger charge is 2.57. The molecule has 0 bridgehead atoms. The van der Waals surface area contributed by atoms with Crippen LogP contribution in [0.1, 0.15) is 31.4 Å². The van der Waals surface area contributed by atoms with E-state index in [0.29, 0.717) is 18.0 Å². The van der Waals surface area contributed by atoms with Crippen LogP contribution >= 0.6 is 0 Å². The van der Waals surface area contributed by atoms with Crippen LogP contribution in [-0.2, 0) is 6.54 Å². The average Bonchev–Trinajstić information content (AvgIpc) is 3.32. The predicted molar refractivity (Wildman–Crippen MR) is 103 cm³/mol. The van der Waals surface area contributed by atoms with E-state index in [9.17, 15) is 0 Å². The van der Waals surface area contributed by atoms with Gasteiger partial charge in [0.05, 0.1) is 12.8 Å². The molecule has 1 saturated carbocycles. The Morgan fingerprint density at radius 2 is 2.04 bits per heavy atom. The molecule has 3 heterocycles. The second kappa shape index (κ2) is 6.62. The molecule has 2 aliphatic heterocycles. The molecule has 0 amide bonds. The van der Waals surface area contributed by atoms with E-state index in [1.165, 1.54) is 19.4 Å². The minimum absolute atomic E-state index is 0.243. The van der Waals surface area contributed by atoms with Crippen LogP contribution in [0.3, 0.4) is 0 Å². The SMILES string of the molecule is COc1ccc(-c2nc(CN3CCN4CCCC4C34CC(N)C4)co2)cc1. The van der Waals surface area contributed by atoms with Crippen molar-refractivity contribution < 1.29 is 9.15 Å². The molecule has 2 aromatic rings. The van der Waals surface area contributed by atoms with Crippen LogP contribution in [0.5, 0.6) is 5.75 Å². The van der Waals surface area contributed by atoms with Crippen molar-refractivity contribution in [3.8, 4) is 17.2 Å². The Balaban J connectivity index is 1.34. The summed E-state index contributed by atoms with van der Waals surface area (Å²) in [5.74, 6) is 1.51. The van der Waals surface area contributed by atoms with Crippen molar-refractivity contribution in [1.82, 2.24) is 14.8 Å². The molecule has 1 aromatic carbocycles. The summed E-state index contributed by atoms with van der Waals surface area (Å²) < 4.78 is 11.0. The molecule has 1 atom stereocenters. The lowest BCUT2D eigenvalue weighted by Gasteiger charge is -2.61. The zero-order chi connectivity index (χ0) is 18.4. The van der Waals surface area contributed by atoms with Gasteiger partial charge in [-0.15, -0.1) is 0 Å². The molecule has 6 nitrogen and oxygen atoms in total. The summed E-state index contributed by atoms with van der Waals surface area (Å²) in [4.78, 5) is 10.1. The Bertz CT molecular complexity index is 797. The molecule has 0 radical (unpaired) electrons.